The third kappa shape index (κ3) is 4.32. The number of Topliss-reactive ketones (excluding diaryl/α,β-unsaturated/α-hetero) is 1. The van der Waals surface area contributed by atoms with E-state index in [2.05, 4.69) is 4.98 Å². The number of carbonyl (C=O) groups is 2. The van der Waals surface area contributed by atoms with Crippen molar-refractivity contribution < 1.29 is 33.6 Å². The lowest BCUT2D eigenvalue weighted by Gasteiger charge is -2.23. The van der Waals surface area contributed by atoms with Crippen LogP contribution >= 0.6 is 11.3 Å². The number of ether oxygens (including phenoxy) is 4. The van der Waals surface area contributed by atoms with Gasteiger partial charge in [0.2, 0.25) is 0 Å². The minimum Gasteiger partial charge on any atom is -0.507 e. The van der Waals surface area contributed by atoms with E-state index < -0.39 is 17.7 Å². The van der Waals surface area contributed by atoms with E-state index in [9.17, 15) is 14.7 Å². The van der Waals surface area contributed by atoms with Crippen LogP contribution in [0.25, 0.3) is 16.0 Å². The number of rotatable bonds is 6. The zero-order chi connectivity index (χ0) is 27.1. The van der Waals surface area contributed by atoms with Gasteiger partial charge in [0.1, 0.15) is 30.5 Å². The molecule has 1 fully saturated rings. The Kier molecular flexibility index (Phi) is 6.32. The van der Waals surface area contributed by atoms with E-state index in [1.165, 1.54) is 16.2 Å². The van der Waals surface area contributed by atoms with E-state index in [0.717, 1.165) is 4.70 Å². The van der Waals surface area contributed by atoms with Crippen molar-refractivity contribution in [2.45, 2.75) is 13.0 Å². The van der Waals surface area contributed by atoms with Crippen LogP contribution in [-0.4, -0.2) is 48.7 Å². The number of hydrogen-bond acceptors (Lipinski definition) is 9. The standard InChI is InChI=1S/C29H24N2O7S/c1-3-36-18-7-4-16(5-8-18)25-24(26(32)17-6-11-21-22(14-17)38-13-12-37-21)27(33)28(34)31(25)29-30-20-10-9-19(35-2)15-23(20)39-29/h4-11,14-15,25,32H,3,12-13H2,1-2H3/t25-/m0/s1. The smallest absolute Gasteiger partial charge is 0.301 e. The Hall–Kier alpha value is -4.57. The largest absolute Gasteiger partial charge is 0.507 e. The molecule has 9 nitrogen and oxygen atoms in total. The van der Waals surface area contributed by atoms with Crippen LogP contribution in [-0.2, 0) is 9.59 Å². The van der Waals surface area contributed by atoms with Crippen molar-refractivity contribution in [3.63, 3.8) is 0 Å². The van der Waals surface area contributed by atoms with Crippen molar-refractivity contribution in [3.8, 4) is 23.0 Å². The van der Waals surface area contributed by atoms with Crippen LogP contribution < -0.4 is 23.8 Å². The highest BCUT2D eigenvalue weighted by atomic mass is 32.1. The van der Waals surface area contributed by atoms with E-state index >= 15 is 0 Å². The molecule has 0 saturated carbocycles. The minimum atomic E-state index is -0.920. The summed E-state index contributed by atoms with van der Waals surface area (Å²) in [6.07, 6.45) is 0. The molecule has 3 heterocycles. The fraction of sp³-hybridized carbons (Fsp3) is 0.207. The molecule has 4 aromatic rings. The average Bonchev–Trinajstić information content (AvgIpc) is 3.50. The Bertz CT molecular complexity index is 1630. The van der Waals surface area contributed by atoms with Gasteiger partial charge in [-0.1, -0.05) is 23.5 Å². The third-order valence-corrected chi connectivity index (χ3v) is 7.57. The Morgan fingerprint density at radius 2 is 1.77 bits per heavy atom. The van der Waals surface area contributed by atoms with Crippen LogP contribution in [0, 0.1) is 0 Å². The number of nitrogens with zero attached hydrogens (tertiary/aromatic N) is 2. The first-order chi connectivity index (χ1) is 19.0. The maximum Gasteiger partial charge on any atom is 0.301 e. The summed E-state index contributed by atoms with van der Waals surface area (Å²) in [5.74, 6) is 0.411. The van der Waals surface area contributed by atoms with Gasteiger partial charge >= 0.3 is 5.91 Å². The van der Waals surface area contributed by atoms with Crippen LogP contribution in [0.2, 0.25) is 0 Å². The second-order valence-corrected chi connectivity index (χ2v) is 9.87. The minimum absolute atomic E-state index is 0.0438. The quantitative estimate of drug-likeness (QED) is 0.203. The zero-order valence-corrected chi connectivity index (χ0v) is 22.0. The van der Waals surface area contributed by atoms with Crippen LogP contribution in [0.5, 0.6) is 23.0 Å². The molecule has 0 radical (unpaired) electrons. The number of aliphatic hydroxyl groups excluding tert-OH is 1. The summed E-state index contributed by atoms with van der Waals surface area (Å²) in [7, 11) is 1.57. The second kappa shape index (κ2) is 9.95. The topological polar surface area (TPSA) is 107 Å². The molecule has 1 saturated heterocycles. The molecule has 1 amide bonds. The normalized spacial score (nSPS) is 18.0. The van der Waals surface area contributed by atoms with Gasteiger partial charge < -0.3 is 24.1 Å². The van der Waals surface area contributed by atoms with E-state index in [1.54, 1.807) is 61.7 Å². The number of aliphatic hydroxyl groups is 1. The lowest BCUT2D eigenvalue weighted by molar-refractivity contribution is -0.132. The number of benzene rings is 3. The van der Waals surface area contributed by atoms with Crippen LogP contribution in [0.1, 0.15) is 24.1 Å². The zero-order valence-electron chi connectivity index (χ0n) is 21.2. The fourth-order valence-electron chi connectivity index (χ4n) is 4.73. The van der Waals surface area contributed by atoms with Gasteiger partial charge in [0.15, 0.2) is 16.6 Å². The molecule has 0 aliphatic carbocycles. The van der Waals surface area contributed by atoms with Crippen LogP contribution in [0.3, 0.4) is 0 Å². The maximum atomic E-state index is 13.5. The number of carbonyl (C=O) groups excluding carboxylic acids is 2. The van der Waals surface area contributed by atoms with Crippen molar-refractivity contribution in [1.29, 1.82) is 0 Å². The fourth-order valence-corrected chi connectivity index (χ4v) is 5.75. The first-order valence-corrected chi connectivity index (χ1v) is 13.2. The van der Waals surface area contributed by atoms with Crippen LogP contribution in [0.4, 0.5) is 5.13 Å². The van der Waals surface area contributed by atoms with E-state index in [-0.39, 0.29) is 11.3 Å². The highest BCUT2D eigenvalue weighted by Gasteiger charge is 2.48. The van der Waals surface area contributed by atoms with Gasteiger partial charge in [-0.05, 0) is 61.0 Å². The number of hydrogen-bond donors (Lipinski definition) is 1. The molecule has 39 heavy (non-hydrogen) atoms. The number of anilines is 1. The molecule has 10 heteroatoms. The monoisotopic (exact) mass is 544 g/mol. The van der Waals surface area contributed by atoms with E-state index in [1.807, 2.05) is 13.0 Å². The predicted molar refractivity (Wildman–Crippen MR) is 146 cm³/mol. The maximum absolute atomic E-state index is 13.5. The highest BCUT2D eigenvalue weighted by molar-refractivity contribution is 7.22. The van der Waals surface area contributed by atoms with Gasteiger partial charge in [-0.15, -0.1) is 0 Å². The first kappa shape index (κ1) is 24.7. The molecule has 3 aromatic carbocycles. The molecule has 0 bridgehead atoms. The van der Waals surface area contributed by atoms with Gasteiger partial charge in [0.05, 0.1) is 35.5 Å². The Labute approximate surface area is 227 Å². The third-order valence-electron chi connectivity index (χ3n) is 6.56. The van der Waals surface area contributed by atoms with Crippen molar-refractivity contribution in [2.24, 2.45) is 0 Å². The Morgan fingerprint density at radius 1 is 1.03 bits per heavy atom. The summed E-state index contributed by atoms with van der Waals surface area (Å²) in [6.45, 7) is 3.18. The molecule has 1 N–H and O–H groups in total. The van der Waals surface area contributed by atoms with E-state index in [0.29, 0.717) is 64.6 Å². The van der Waals surface area contributed by atoms with Crippen LogP contribution in [0.15, 0.2) is 66.2 Å². The summed E-state index contributed by atoms with van der Waals surface area (Å²) < 4.78 is 22.9. The van der Waals surface area contributed by atoms with Crippen molar-refractivity contribution >= 4 is 44.1 Å². The number of ketones is 1. The molecule has 1 aromatic heterocycles. The molecular weight excluding hydrogens is 520 g/mol. The summed E-state index contributed by atoms with van der Waals surface area (Å²) in [6, 6.07) is 16.5. The summed E-state index contributed by atoms with van der Waals surface area (Å²) in [5.41, 5.74) is 1.57. The molecule has 2 aliphatic heterocycles. The summed E-state index contributed by atoms with van der Waals surface area (Å²) >= 11 is 1.26. The highest BCUT2D eigenvalue weighted by Crippen LogP contribution is 2.45. The molecule has 0 unspecified atom stereocenters. The summed E-state index contributed by atoms with van der Waals surface area (Å²) in [5, 5.41) is 11.8. The molecular formula is C29H24N2O7S. The summed E-state index contributed by atoms with van der Waals surface area (Å²) in [4.78, 5) is 33.1. The van der Waals surface area contributed by atoms with Gasteiger partial charge in [-0.2, -0.15) is 0 Å². The Balaban J connectivity index is 1.51. The van der Waals surface area contributed by atoms with E-state index in [4.69, 9.17) is 18.9 Å². The molecule has 198 valence electrons. The van der Waals surface area contributed by atoms with Crippen molar-refractivity contribution in [2.75, 3.05) is 31.8 Å². The number of methoxy groups -OCH3 is 1. The lowest BCUT2D eigenvalue weighted by Crippen LogP contribution is -2.29. The van der Waals surface area contributed by atoms with Gasteiger partial charge in [0.25, 0.3) is 5.78 Å². The number of fused-ring (bicyclic) bond motifs is 2. The van der Waals surface area contributed by atoms with Gasteiger partial charge in [-0.25, -0.2) is 4.98 Å². The predicted octanol–water partition coefficient (Wildman–Crippen LogP) is 5.10. The second-order valence-electron chi connectivity index (χ2n) is 8.86. The molecule has 6 rings (SSSR count). The Morgan fingerprint density at radius 3 is 2.51 bits per heavy atom. The average molecular weight is 545 g/mol. The van der Waals surface area contributed by atoms with Crippen molar-refractivity contribution in [3.05, 3.63) is 77.4 Å². The lowest BCUT2D eigenvalue weighted by atomic mass is 9.95. The SMILES string of the molecule is CCOc1ccc([C@H]2C(=C(O)c3ccc4c(c3)OCCO4)C(=O)C(=O)N2c2nc3ccc(OC)cc3s2)cc1. The van der Waals surface area contributed by atoms with Gasteiger partial charge in [-0.3, -0.25) is 14.5 Å². The van der Waals surface area contributed by atoms with Gasteiger partial charge in [0, 0.05) is 5.56 Å². The molecule has 1 atom stereocenters. The first-order valence-electron chi connectivity index (χ1n) is 12.4. The molecule has 0 spiro atoms. The number of aromatic nitrogens is 1. The van der Waals surface area contributed by atoms with Crippen molar-refractivity contribution in [1.82, 2.24) is 4.98 Å². The molecule has 2 aliphatic rings. The number of amides is 1. The number of thiazole rings is 1.